The summed E-state index contributed by atoms with van der Waals surface area (Å²) in [5, 5.41) is 7.11. The van der Waals surface area contributed by atoms with Crippen molar-refractivity contribution < 1.29 is 22.7 Å². The van der Waals surface area contributed by atoms with Gasteiger partial charge in [0, 0.05) is 11.6 Å². The molecular weight excluding hydrogens is 528 g/mol. The first-order chi connectivity index (χ1) is 18.1. The van der Waals surface area contributed by atoms with Crippen LogP contribution in [0.1, 0.15) is 16.7 Å². The predicted octanol–water partition coefficient (Wildman–Crippen LogP) is 3.30. The average Bonchev–Trinajstić information content (AvgIpc) is 2.89. The third kappa shape index (κ3) is 8.89. The molecule has 0 bridgehead atoms. The van der Waals surface area contributed by atoms with Crippen molar-refractivity contribution in [2.75, 3.05) is 30.3 Å². The largest absolute Gasteiger partial charge is 0.484 e. The highest BCUT2D eigenvalue weighted by Gasteiger charge is 2.23. The number of hydrogen-bond donors (Lipinski definition) is 2. The van der Waals surface area contributed by atoms with Gasteiger partial charge in [0.25, 0.3) is 11.8 Å². The van der Waals surface area contributed by atoms with Crippen LogP contribution in [0.5, 0.6) is 5.75 Å². The van der Waals surface area contributed by atoms with E-state index in [2.05, 4.69) is 15.8 Å². The Kier molecular flexibility index (Phi) is 10.3. The number of rotatable bonds is 12. The van der Waals surface area contributed by atoms with Gasteiger partial charge in [0.15, 0.2) is 6.61 Å². The Hall–Kier alpha value is -3.89. The van der Waals surface area contributed by atoms with Gasteiger partial charge >= 0.3 is 0 Å². The lowest BCUT2D eigenvalue weighted by Crippen LogP contribution is -2.39. The number of halogens is 1. The minimum Gasteiger partial charge on any atom is -0.484 e. The fraction of sp³-hybridized carbons (Fsp3) is 0.222. The summed E-state index contributed by atoms with van der Waals surface area (Å²) in [6.07, 6.45) is 3.17. The van der Waals surface area contributed by atoms with Crippen molar-refractivity contribution in [3.8, 4) is 5.75 Å². The number of nitrogens with one attached hydrogen (secondary N) is 2. The number of amides is 2. The maximum Gasteiger partial charge on any atom is 0.260 e. The molecule has 0 aliphatic carbocycles. The molecule has 9 nitrogen and oxygen atoms in total. The normalized spacial score (nSPS) is 11.2. The van der Waals surface area contributed by atoms with Crippen LogP contribution in [0.3, 0.4) is 0 Å². The summed E-state index contributed by atoms with van der Waals surface area (Å²) >= 11 is 6.11. The first-order valence-corrected chi connectivity index (χ1v) is 13.9. The van der Waals surface area contributed by atoms with Crippen LogP contribution in [0.15, 0.2) is 77.9 Å². The third-order valence-electron chi connectivity index (χ3n) is 5.43. The summed E-state index contributed by atoms with van der Waals surface area (Å²) in [6.45, 7) is 1.63. The number of benzene rings is 3. The smallest absolute Gasteiger partial charge is 0.260 e. The number of hydrogen-bond acceptors (Lipinski definition) is 6. The summed E-state index contributed by atoms with van der Waals surface area (Å²) in [7, 11) is -3.74. The molecular formula is C27H29ClN4O5S. The minimum absolute atomic E-state index is 0.110. The van der Waals surface area contributed by atoms with E-state index in [1.165, 1.54) is 6.21 Å². The van der Waals surface area contributed by atoms with Crippen molar-refractivity contribution in [1.29, 1.82) is 0 Å². The summed E-state index contributed by atoms with van der Waals surface area (Å²) < 4.78 is 31.1. The molecule has 200 valence electrons. The van der Waals surface area contributed by atoms with Gasteiger partial charge in [-0.05, 0) is 66.4 Å². The second-order valence-electron chi connectivity index (χ2n) is 8.39. The Labute approximate surface area is 227 Å². The Morgan fingerprint density at radius 2 is 1.71 bits per heavy atom. The average molecular weight is 557 g/mol. The van der Waals surface area contributed by atoms with Crippen LogP contribution in [-0.2, 0) is 26.0 Å². The van der Waals surface area contributed by atoms with E-state index in [0.29, 0.717) is 34.1 Å². The zero-order chi connectivity index (χ0) is 27.5. The molecule has 3 rings (SSSR count). The number of anilines is 1. The molecule has 0 fully saturated rings. The molecule has 0 atom stereocenters. The molecule has 0 radical (unpaired) electrons. The molecule has 0 unspecified atom stereocenters. The standard InChI is InChI=1S/C27H29ClN4O5S/c1-20-24(28)9-6-10-25(20)32(38(2,35)36)18-26(33)31-30-17-22-11-13-23(14-12-22)37-19-27(34)29-16-15-21-7-4-3-5-8-21/h3-14,17H,15-16,18-19H2,1-2H3,(H,29,34)(H,31,33)/b30-17-. The van der Waals surface area contributed by atoms with E-state index in [4.69, 9.17) is 16.3 Å². The van der Waals surface area contributed by atoms with E-state index >= 15 is 0 Å². The molecule has 0 aromatic heterocycles. The van der Waals surface area contributed by atoms with Crippen LogP contribution in [0, 0.1) is 6.92 Å². The zero-order valence-corrected chi connectivity index (χ0v) is 22.6. The molecule has 2 N–H and O–H groups in total. The van der Waals surface area contributed by atoms with E-state index in [1.54, 1.807) is 49.4 Å². The molecule has 2 amide bonds. The second-order valence-corrected chi connectivity index (χ2v) is 10.7. The van der Waals surface area contributed by atoms with Crippen LogP contribution >= 0.6 is 11.6 Å². The highest BCUT2D eigenvalue weighted by Crippen LogP contribution is 2.28. The van der Waals surface area contributed by atoms with Gasteiger partial charge in [-0.15, -0.1) is 0 Å². The molecule has 3 aromatic carbocycles. The third-order valence-corrected chi connectivity index (χ3v) is 6.96. The Bertz CT molecular complexity index is 1380. The van der Waals surface area contributed by atoms with E-state index in [9.17, 15) is 18.0 Å². The van der Waals surface area contributed by atoms with Crippen molar-refractivity contribution in [1.82, 2.24) is 10.7 Å². The number of sulfonamides is 1. The van der Waals surface area contributed by atoms with E-state index in [-0.39, 0.29) is 12.5 Å². The summed E-state index contributed by atoms with van der Waals surface area (Å²) in [5.74, 6) is -0.334. The van der Waals surface area contributed by atoms with Crippen molar-refractivity contribution in [2.45, 2.75) is 13.3 Å². The number of ether oxygens (including phenoxy) is 1. The molecule has 0 saturated heterocycles. The van der Waals surface area contributed by atoms with Crippen LogP contribution in [-0.4, -0.2) is 52.4 Å². The first kappa shape index (κ1) is 28.7. The molecule has 11 heteroatoms. The molecule has 0 aliphatic rings. The fourth-order valence-corrected chi connectivity index (χ4v) is 4.51. The van der Waals surface area contributed by atoms with E-state index < -0.39 is 22.5 Å². The van der Waals surface area contributed by atoms with Gasteiger partial charge in [0.1, 0.15) is 12.3 Å². The maximum absolute atomic E-state index is 12.4. The van der Waals surface area contributed by atoms with Crippen LogP contribution < -0.4 is 19.8 Å². The van der Waals surface area contributed by atoms with Crippen molar-refractivity contribution >= 4 is 45.3 Å². The predicted molar refractivity (Wildman–Crippen MR) is 149 cm³/mol. The summed E-state index contributed by atoms with van der Waals surface area (Å²) in [4.78, 5) is 24.4. The molecule has 3 aromatic rings. The Balaban J connectivity index is 1.46. The van der Waals surface area contributed by atoms with Gasteiger partial charge in [0.05, 0.1) is 18.2 Å². The van der Waals surface area contributed by atoms with Crippen LogP contribution in [0.4, 0.5) is 5.69 Å². The monoisotopic (exact) mass is 556 g/mol. The summed E-state index contributed by atoms with van der Waals surface area (Å²) in [5.41, 5.74) is 5.00. The van der Waals surface area contributed by atoms with Gasteiger partial charge in [0.2, 0.25) is 10.0 Å². The van der Waals surface area contributed by atoms with Gasteiger partial charge in [-0.2, -0.15) is 5.10 Å². The highest BCUT2D eigenvalue weighted by atomic mass is 35.5. The number of carbonyl (C=O) groups is 2. The molecule has 0 spiro atoms. The first-order valence-electron chi connectivity index (χ1n) is 11.7. The topological polar surface area (TPSA) is 117 Å². The van der Waals surface area contributed by atoms with Crippen molar-refractivity contribution in [3.63, 3.8) is 0 Å². The van der Waals surface area contributed by atoms with Gasteiger partial charge in [-0.3, -0.25) is 13.9 Å². The van der Waals surface area contributed by atoms with Crippen molar-refractivity contribution in [2.24, 2.45) is 5.10 Å². The lowest BCUT2D eigenvalue weighted by Gasteiger charge is -2.23. The minimum atomic E-state index is -3.74. The Morgan fingerprint density at radius 1 is 1.00 bits per heavy atom. The van der Waals surface area contributed by atoms with Gasteiger partial charge in [-0.25, -0.2) is 13.8 Å². The molecule has 0 saturated carbocycles. The number of hydrazone groups is 1. The summed E-state index contributed by atoms with van der Waals surface area (Å²) in [6, 6.07) is 21.5. The fourth-order valence-electron chi connectivity index (χ4n) is 3.43. The number of nitrogens with zero attached hydrogens (tertiary/aromatic N) is 2. The number of carbonyl (C=O) groups excluding carboxylic acids is 2. The van der Waals surface area contributed by atoms with Gasteiger partial charge < -0.3 is 10.1 Å². The van der Waals surface area contributed by atoms with E-state index in [1.807, 2.05) is 30.3 Å². The molecule has 0 heterocycles. The van der Waals surface area contributed by atoms with Gasteiger partial charge in [-0.1, -0.05) is 48.0 Å². The second kappa shape index (κ2) is 13.6. The highest BCUT2D eigenvalue weighted by molar-refractivity contribution is 7.92. The Morgan fingerprint density at radius 3 is 2.39 bits per heavy atom. The van der Waals surface area contributed by atoms with Crippen LogP contribution in [0.2, 0.25) is 5.02 Å². The lowest BCUT2D eigenvalue weighted by molar-refractivity contribution is -0.123. The van der Waals surface area contributed by atoms with Crippen LogP contribution in [0.25, 0.3) is 0 Å². The molecule has 0 aliphatic heterocycles. The van der Waals surface area contributed by atoms with E-state index in [0.717, 1.165) is 22.5 Å². The van der Waals surface area contributed by atoms with Crippen molar-refractivity contribution in [3.05, 3.63) is 94.5 Å². The molecule has 38 heavy (non-hydrogen) atoms. The zero-order valence-electron chi connectivity index (χ0n) is 21.1. The quantitative estimate of drug-likeness (QED) is 0.262. The lowest BCUT2D eigenvalue weighted by atomic mass is 10.1. The SMILES string of the molecule is Cc1c(Cl)cccc1N(CC(=O)N/N=C\c1ccc(OCC(=O)NCCc2ccccc2)cc1)S(C)(=O)=O. The maximum atomic E-state index is 12.4.